The van der Waals surface area contributed by atoms with E-state index in [1.807, 2.05) is 5.32 Å². The molecule has 0 aromatic heterocycles. The number of imide groups is 1. The zero-order valence-corrected chi connectivity index (χ0v) is 17.6. The van der Waals surface area contributed by atoms with E-state index >= 15 is 0 Å². The molecule has 1 saturated heterocycles. The summed E-state index contributed by atoms with van der Waals surface area (Å²) in [4.78, 5) is 38.1. The minimum Gasteiger partial charge on any atom is -0.497 e. The van der Waals surface area contributed by atoms with E-state index < -0.39 is 59.1 Å². The second-order valence-electron chi connectivity index (χ2n) is 7.52. The van der Waals surface area contributed by atoms with Crippen molar-refractivity contribution in [1.29, 1.82) is 0 Å². The van der Waals surface area contributed by atoms with Crippen LogP contribution in [-0.4, -0.2) is 36.4 Å². The van der Waals surface area contributed by atoms with Crippen LogP contribution in [0.1, 0.15) is 23.6 Å². The van der Waals surface area contributed by atoms with Gasteiger partial charge >= 0.3 is 18.4 Å². The number of urea groups is 1. The number of amides is 4. The molecule has 7 nitrogen and oxygen atoms in total. The van der Waals surface area contributed by atoms with Crippen LogP contribution in [0.5, 0.6) is 5.75 Å². The fraction of sp³-hybridized carbons (Fsp3) is 0.286. The van der Waals surface area contributed by atoms with Crippen molar-refractivity contribution >= 4 is 23.5 Å². The van der Waals surface area contributed by atoms with Gasteiger partial charge in [-0.3, -0.25) is 14.5 Å². The predicted octanol–water partition coefficient (Wildman–Crippen LogP) is 4.14. The van der Waals surface area contributed by atoms with E-state index in [0.29, 0.717) is 28.3 Å². The molecule has 2 aromatic carbocycles. The van der Waals surface area contributed by atoms with Gasteiger partial charge in [0.2, 0.25) is 5.91 Å². The Morgan fingerprint density at radius 1 is 1.00 bits per heavy atom. The molecule has 4 amide bonds. The van der Waals surface area contributed by atoms with E-state index in [2.05, 4.69) is 5.32 Å². The number of nitrogens with zero attached hydrogens (tertiary/aromatic N) is 1. The molecular formula is C21H17F6N3O4. The number of rotatable bonds is 5. The number of carbonyl (C=O) groups excluding carboxylic acids is 3. The maximum atomic E-state index is 13.0. The van der Waals surface area contributed by atoms with Gasteiger partial charge in [0.25, 0.3) is 5.91 Å². The third-order valence-corrected chi connectivity index (χ3v) is 5.12. The SMILES string of the molecule is COc1ccc([C@@]2(C)NC(=O)N(CC(=O)Nc3cc(C(F)(F)F)cc(C(F)(F)F)c3)C2=O)cc1. The Kier molecular flexibility index (Phi) is 6.24. The van der Waals surface area contributed by atoms with Crippen molar-refractivity contribution < 1.29 is 45.5 Å². The average Bonchev–Trinajstić information content (AvgIpc) is 2.96. The maximum absolute atomic E-state index is 13.0. The van der Waals surface area contributed by atoms with Gasteiger partial charge in [-0.2, -0.15) is 26.3 Å². The Balaban J connectivity index is 1.81. The quantitative estimate of drug-likeness (QED) is 0.488. The zero-order valence-electron chi connectivity index (χ0n) is 17.6. The van der Waals surface area contributed by atoms with Crippen LogP contribution in [0.25, 0.3) is 0 Å². The normalized spacial score (nSPS) is 18.6. The number of hydrogen-bond acceptors (Lipinski definition) is 4. The number of benzene rings is 2. The molecule has 0 aliphatic carbocycles. The lowest BCUT2D eigenvalue weighted by atomic mass is 9.92. The van der Waals surface area contributed by atoms with Crippen molar-refractivity contribution in [2.24, 2.45) is 0 Å². The van der Waals surface area contributed by atoms with Gasteiger partial charge in [0.05, 0.1) is 18.2 Å². The Hall–Kier alpha value is -3.77. The maximum Gasteiger partial charge on any atom is 0.416 e. The van der Waals surface area contributed by atoms with Gasteiger partial charge in [-0.1, -0.05) is 12.1 Å². The molecule has 0 saturated carbocycles. The number of anilines is 1. The molecule has 3 rings (SSSR count). The van der Waals surface area contributed by atoms with E-state index in [1.54, 1.807) is 12.1 Å². The van der Waals surface area contributed by atoms with Gasteiger partial charge < -0.3 is 15.4 Å². The van der Waals surface area contributed by atoms with Crippen molar-refractivity contribution in [3.63, 3.8) is 0 Å². The van der Waals surface area contributed by atoms with Crippen molar-refractivity contribution in [2.75, 3.05) is 19.0 Å². The van der Waals surface area contributed by atoms with Crippen molar-refractivity contribution in [3.8, 4) is 5.75 Å². The monoisotopic (exact) mass is 489 g/mol. The largest absolute Gasteiger partial charge is 0.497 e. The number of hydrogen-bond donors (Lipinski definition) is 2. The highest BCUT2D eigenvalue weighted by atomic mass is 19.4. The van der Waals surface area contributed by atoms with Gasteiger partial charge in [0, 0.05) is 5.69 Å². The molecule has 182 valence electrons. The van der Waals surface area contributed by atoms with Gasteiger partial charge in [0.15, 0.2) is 0 Å². The molecule has 1 aliphatic heterocycles. The third kappa shape index (κ3) is 4.92. The first-order valence-electron chi connectivity index (χ1n) is 9.53. The standard InChI is InChI=1S/C21H17F6N3O4/c1-19(11-3-5-15(34-2)6-4-11)17(32)30(18(33)29-19)10-16(31)28-14-8-12(20(22,23)24)7-13(9-14)21(25,26)27/h3-9H,10H2,1-2H3,(H,28,31)(H,29,33)/t19-/m1/s1. The molecule has 0 unspecified atom stereocenters. The summed E-state index contributed by atoms with van der Waals surface area (Å²) in [6.07, 6.45) is -10.2. The van der Waals surface area contributed by atoms with E-state index in [0.717, 1.165) is 0 Å². The molecule has 0 spiro atoms. The van der Waals surface area contributed by atoms with Gasteiger partial charge in [-0.05, 0) is 42.8 Å². The second kappa shape index (κ2) is 8.54. The van der Waals surface area contributed by atoms with Crippen LogP contribution in [0.15, 0.2) is 42.5 Å². The smallest absolute Gasteiger partial charge is 0.416 e. The highest BCUT2D eigenvalue weighted by Gasteiger charge is 2.49. The lowest BCUT2D eigenvalue weighted by molar-refractivity contribution is -0.143. The zero-order chi connectivity index (χ0) is 25.5. The number of methoxy groups -OCH3 is 1. The summed E-state index contributed by atoms with van der Waals surface area (Å²) in [7, 11) is 1.43. The molecular weight excluding hydrogens is 472 g/mol. The Morgan fingerprint density at radius 3 is 2.00 bits per heavy atom. The van der Waals surface area contributed by atoms with E-state index in [9.17, 15) is 40.7 Å². The van der Waals surface area contributed by atoms with Crippen LogP contribution in [0.2, 0.25) is 0 Å². The number of ether oxygens (including phenoxy) is 1. The minimum atomic E-state index is -5.11. The molecule has 0 radical (unpaired) electrons. The number of halogens is 6. The molecule has 2 aromatic rings. The molecule has 1 heterocycles. The summed E-state index contributed by atoms with van der Waals surface area (Å²) < 4.78 is 83.1. The third-order valence-electron chi connectivity index (χ3n) is 5.12. The summed E-state index contributed by atoms with van der Waals surface area (Å²) in [5.41, 5.74) is -5.23. The van der Waals surface area contributed by atoms with Crippen molar-refractivity contribution in [2.45, 2.75) is 24.8 Å². The number of nitrogens with one attached hydrogen (secondary N) is 2. The van der Waals surface area contributed by atoms with Gasteiger partial charge in [-0.15, -0.1) is 0 Å². The first-order chi connectivity index (χ1) is 15.6. The predicted molar refractivity (Wildman–Crippen MR) is 106 cm³/mol. The van der Waals surface area contributed by atoms with Crippen LogP contribution in [0.4, 0.5) is 36.8 Å². The summed E-state index contributed by atoms with van der Waals surface area (Å²) in [5, 5.41) is 4.32. The highest BCUT2D eigenvalue weighted by molar-refractivity contribution is 6.10. The van der Waals surface area contributed by atoms with E-state index in [4.69, 9.17) is 4.74 Å². The summed E-state index contributed by atoms with van der Waals surface area (Å²) in [5.74, 6) is -1.52. The lowest BCUT2D eigenvalue weighted by Crippen LogP contribution is -2.42. The highest BCUT2D eigenvalue weighted by Crippen LogP contribution is 2.37. The van der Waals surface area contributed by atoms with Crippen LogP contribution >= 0.6 is 0 Å². The summed E-state index contributed by atoms with van der Waals surface area (Å²) in [6.45, 7) is 0.448. The van der Waals surface area contributed by atoms with Crippen LogP contribution in [-0.2, 0) is 27.5 Å². The van der Waals surface area contributed by atoms with Crippen molar-refractivity contribution in [1.82, 2.24) is 10.2 Å². The summed E-state index contributed by atoms with van der Waals surface area (Å²) in [6, 6.07) is 5.71. The molecule has 1 aliphatic rings. The second-order valence-corrected chi connectivity index (χ2v) is 7.52. The average molecular weight is 489 g/mol. The summed E-state index contributed by atoms with van der Waals surface area (Å²) >= 11 is 0. The molecule has 1 fully saturated rings. The molecule has 13 heteroatoms. The fourth-order valence-electron chi connectivity index (χ4n) is 3.33. The van der Waals surface area contributed by atoms with Crippen LogP contribution < -0.4 is 15.4 Å². The first kappa shape index (κ1) is 24.9. The minimum absolute atomic E-state index is 0.0899. The molecule has 0 bridgehead atoms. The topological polar surface area (TPSA) is 87.7 Å². The number of carbonyl (C=O) groups is 3. The Morgan fingerprint density at radius 2 is 1.53 bits per heavy atom. The van der Waals surface area contributed by atoms with Gasteiger partial charge in [-0.25, -0.2) is 4.79 Å². The molecule has 1 atom stereocenters. The lowest BCUT2D eigenvalue weighted by Gasteiger charge is -2.22. The van der Waals surface area contributed by atoms with Crippen molar-refractivity contribution in [3.05, 3.63) is 59.2 Å². The van der Waals surface area contributed by atoms with Gasteiger partial charge in [0.1, 0.15) is 17.8 Å². The first-order valence-corrected chi connectivity index (χ1v) is 9.53. The number of alkyl halides is 6. The molecule has 2 N–H and O–H groups in total. The van der Waals surface area contributed by atoms with E-state index in [-0.39, 0.29) is 6.07 Å². The molecule has 34 heavy (non-hydrogen) atoms. The van der Waals surface area contributed by atoms with Crippen LogP contribution in [0, 0.1) is 0 Å². The Bertz CT molecular complexity index is 1100. The van der Waals surface area contributed by atoms with Crippen LogP contribution in [0.3, 0.4) is 0 Å². The van der Waals surface area contributed by atoms with E-state index in [1.165, 1.54) is 26.2 Å². The fourth-order valence-corrected chi connectivity index (χ4v) is 3.33. The Labute approximate surface area is 188 Å².